The van der Waals surface area contributed by atoms with Crippen LogP contribution in [-0.4, -0.2) is 82.2 Å². The summed E-state index contributed by atoms with van der Waals surface area (Å²) in [4.78, 5) is 15.0. The average molecular weight is 434 g/mol. The van der Waals surface area contributed by atoms with Crippen LogP contribution < -0.4 is 10.6 Å². The molecule has 2 aliphatic heterocycles. The number of rotatable bonds is 6. The highest BCUT2D eigenvalue weighted by molar-refractivity contribution is 7.92. The van der Waals surface area contributed by atoms with Crippen LogP contribution in [0, 0.1) is 5.92 Å². The van der Waals surface area contributed by atoms with Crippen molar-refractivity contribution in [2.24, 2.45) is 5.92 Å². The lowest BCUT2D eigenvalue weighted by molar-refractivity contribution is -0.125. The third-order valence-corrected chi connectivity index (χ3v) is 6.88. The number of nitrogens with zero attached hydrogens (tertiary/aromatic N) is 1. The van der Waals surface area contributed by atoms with Gasteiger partial charge in [0.2, 0.25) is 5.91 Å². The standard InChI is InChI=1S/C16H31N3O4S.2ClH/c1-13(2)11-19-8-9-23-14(12-19)10-18-15(20)16(24(3,21)22)4-6-17-7-5-16;;/h13-14,17H,4-12H2,1-3H3,(H,18,20);2*1H. The van der Waals surface area contributed by atoms with Crippen molar-refractivity contribution in [2.45, 2.75) is 37.5 Å². The summed E-state index contributed by atoms with van der Waals surface area (Å²) in [6, 6.07) is 0. The molecule has 0 spiro atoms. The summed E-state index contributed by atoms with van der Waals surface area (Å²) >= 11 is 0. The number of nitrogens with one attached hydrogen (secondary N) is 2. The van der Waals surface area contributed by atoms with Crippen LogP contribution in [0.1, 0.15) is 26.7 Å². The first-order valence-corrected chi connectivity index (χ1v) is 10.7. The van der Waals surface area contributed by atoms with Crippen LogP contribution in [0.5, 0.6) is 0 Å². The van der Waals surface area contributed by atoms with E-state index in [4.69, 9.17) is 4.74 Å². The fourth-order valence-electron chi connectivity index (χ4n) is 3.55. The second kappa shape index (κ2) is 11.0. The maximum absolute atomic E-state index is 12.7. The molecule has 156 valence electrons. The summed E-state index contributed by atoms with van der Waals surface area (Å²) in [6.07, 6.45) is 1.73. The Balaban J connectivity index is 0.00000312. The van der Waals surface area contributed by atoms with Crippen LogP contribution in [0.25, 0.3) is 0 Å². The number of sulfone groups is 1. The van der Waals surface area contributed by atoms with Gasteiger partial charge in [-0.15, -0.1) is 24.8 Å². The number of piperidine rings is 1. The van der Waals surface area contributed by atoms with Gasteiger partial charge in [-0.1, -0.05) is 13.8 Å². The van der Waals surface area contributed by atoms with E-state index in [1.807, 2.05) is 0 Å². The van der Waals surface area contributed by atoms with Crippen LogP contribution in [0.3, 0.4) is 0 Å². The third kappa shape index (κ3) is 6.49. The molecular weight excluding hydrogens is 401 g/mol. The number of morpholine rings is 1. The molecule has 0 aromatic carbocycles. The van der Waals surface area contributed by atoms with E-state index in [0.717, 1.165) is 19.6 Å². The molecule has 1 amide bonds. The Bertz CT molecular complexity index is 540. The highest BCUT2D eigenvalue weighted by atomic mass is 35.5. The molecule has 2 saturated heterocycles. The lowest BCUT2D eigenvalue weighted by atomic mass is 9.95. The van der Waals surface area contributed by atoms with Crippen LogP contribution in [-0.2, 0) is 19.4 Å². The molecule has 2 aliphatic rings. The molecule has 1 atom stereocenters. The lowest BCUT2D eigenvalue weighted by Crippen LogP contribution is -2.59. The fourth-order valence-corrected chi connectivity index (χ4v) is 4.91. The first kappa shape index (κ1) is 25.9. The summed E-state index contributed by atoms with van der Waals surface area (Å²) in [7, 11) is -3.47. The average Bonchev–Trinajstić information content (AvgIpc) is 2.52. The first-order valence-electron chi connectivity index (χ1n) is 8.77. The molecule has 26 heavy (non-hydrogen) atoms. The Morgan fingerprint density at radius 2 is 1.92 bits per heavy atom. The van der Waals surface area contributed by atoms with Crippen LogP contribution >= 0.6 is 24.8 Å². The molecule has 7 nitrogen and oxygen atoms in total. The van der Waals surface area contributed by atoms with Gasteiger partial charge in [0.25, 0.3) is 0 Å². The van der Waals surface area contributed by atoms with Gasteiger partial charge in [-0.25, -0.2) is 8.42 Å². The van der Waals surface area contributed by atoms with E-state index in [9.17, 15) is 13.2 Å². The second-order valence-corrected chi connectivity index (χ2v) is 9.70. The molecule has 2 fully saturated rings. The van der Waals surface area contributed by atoms with E-state index in [1.165, 1.54) is 6.26 Å². The van der Waals surface area contributed by atoms with E-state index in [2.05, 4.69) is 29.4 Å². The van der Waals surface area contributed by atoms with Gasteiger partial charge in [-0.05, 0) is 31.8 Å². The molecule has 2 N–H and O–H groups in total. The molecular formula is C16H33Cl2N3O4S. The highest BCUT2D eigenvalue weighted by Gasteiger charge is 2.48. The van der Waals surface area contributed by atoms with Crippen LogP contribution in [0.15, 0.2) is 0 Å². The first-order chi connectivity index (χ1) is 11.2. The quantitative estimate of drug-likeness (QED) is 0.632. The van der Waals surface area contributed by atoms with Crippen molar-refractivity contribution in [1.82, 2.24) is 15.5 Å². The smallest absolute Gasteiger partial charge is 0.241 e. The number of carbonyl (C=O) groups excluding carboxylic acids is 1. The summed E-state index contributed by atoms with van der Waals surface area (Å²) < 4.78 is 28.9. The molecule has 0 aliphatic carbocycles. The normalized spacial score (nSPS) is 23.6. The molecule has 0 aromatic rings. The fraction of sp³-hybridized carbons (Fsp3) is 0.938. The minimum Gasteiger partial charge on any atom is -0.374 e. The number of ether oxygens (including phenoxy) is 1. The molecule has 1 unspecified atom stereocenters. The molecule has 0 aromatic heterocycles. The molecule has 2 rings (SSSR count). The molecule has 10 heteroatoms. The van der Waals surface area contributed by atoms with Crippen LogP contribution in [0.4, 0.5) is 0 Å². The van der Waals surface area contributed by atoms with E-state index in [-0.39, 0.29) is 36.8 Å². The Labute approximate surface area is 169 Å². The van der Waals surface area contributed by atoms with Crippen molar-refractivity contribution in [2.75, 3.05) is 52.1 Å². The van der Waals surface area contributed by atoms with Gasteiger partial charge in [-0.2, -0.15) is 0 Å². The number of hydrogen-bond acceptors (Lipinski definition) is 6. The SMILES string of the molecule is CC(C)CN1CCOC(CNC(=O)C2(S(C)(=O)=O)CCNCC2)C1.Cl.Cl. The van der Waals surface area contributed by atoms with Crippen LogP contribution in [0.2, 0.25) is 0 Å². The van der Waals surface area contributed by atoms with Crippen molar-refractivity contribution >= 4 is 40.6 Å². The Morgan fingerprint density at radius 1 is 1.31 bits per heavy atom. The topological polar surface area (TPSA) is 87.7 Å². The van der Waals surface area contributed by atoms with Crippen molar-refractivity contribution in [3.05, 3.63) is 0 Å². The number of halogens is 2. The van der Waals surface area contributed by atoms with Gasteiger partial charge < -0.3 is 15.4 Å². The zero-order valence-electron chi connectivity index (χ0n) is 15.8. The van der Waals surface area contributed by atoms with Gasteiger partial charge >= 0.3 is 0 Å². The summed E-state index contributed by atoms with van der Waals surface area (Å²) in [5.74, 6) is 0.206. The Hall–Kier alpha value is -0.120. The van der Waals surface area contributed by atoms with Gasteiger partial charge in [0.05, 0.1) is 12.7 Å². The Morgan fingerprint density at radius 3 is 2.46 bits per heavy atom. The number of hydrogen-bond donors (Lipinski definition) is 2. The Kier molecular flexibility index (Phi) is 11.0. The van der Waals surface area contributed by atoms with E-state index < -0.39 is 14.6 Å². The van der Waals surface area contributed by atoms with Gasteiger partial charge in [0.15, 0.2) is 14.6 Å². The highest BCUT2D eigenvalue weighted by Crippen LogP contribution is 2.28. The minimum atomic E-state index is -3.47. The minimum absolute atomic E-state index is 0. The zero-order chi connectivity index (χ0) is 17.8. The number of carbonyl (C=O) groups is 1. The summed E-state index contributed by atoms with van der Waals surface area (Å²) in [5.41, 5.74) is 0. The maximum Gasteiger partial charge on any atom is 0.241 e. The van der Waals surface area contributed by atoms with Gasteiger partial charge in [-0.3, -0.25) is 9.69 Å². The summed E-state index contributed by atoms with van der Waals surface area (Å²) in [5, 5.41) is 5.97. The van der Waals surface area contributed by atoms with Crippen molar-refractivity contribution in [3.8, 4) is 0 Å². The maximum atomic E-state index is 12.7. The molecule has 0 bridgehead atoms. The van der Waals surface area contributed by atoms with Crippen molar-refractivity contribution < 1.29 is 17.9 Å². The van der Waals surface area contributed by atoms with E-state index >= 15 is 0 Å². The largest absolute Gasteiger partial charge is 0.374 e. The van der Waals surface area contributed by atoms with E-state index in [0.29, 0.717) is 45.0 Å². The van der Waals surface area contributed by atoms with Gasteiger partial charge in [0.1, 0.15) is 0 Å². The monoisotopic (exact) mass is 433 g/mol. The third-order valence-electron chi connectivity index (χ3n) is 4.87. The van der Waals surface area contributed by atoms with Crippen molar-refractivity contribution in [1.29, 1.82) is 0 Å². The van der Waals surface area contributed by atoms with E-state index in [1.54, 1.807) is 0 Å². The lowest BCUT2D eigenvalue weighted by Gasteiger charge is -2.36. The molecule has 0 radical (unpaired) electrons. The molecule has 2 heterocycles. The zero-order valence-corrected chi connectivity index (χ0v) is 18.3. The second-order valence-electron chi connectivity index (χ2n) is 7.37. The number of amides is 1. The summed E-state index contributed by atoms with van der Waals surface area (Å²) in [6.45, 7) is 9.14. The molecule has 0 saturated carbocycles. The predicted molar refractivity (Wildman–Crippen MR) is 108 cm³/mol. The van der Waals surface area contributed by atoms with Crippen molar-refractivity contribution in [3.63, 3.8) is 0 Å². The predicted octanol–water partition coefficient (Wildman–Crippen LogP) is 0.470. The van der Waals surface area contributed by atoms with Gasteiger partial charge in [0, 0.05) is 32.4 Å².